The van der Waals surface area contributed by atoms with Crippen LogP contribution in [0.2, 0.25) is 5.15 Å². The molecule has 0 aromatic carbocycles. The van der Waals surface area contributed by atoms with Crippen molar-refractivity contribution in [2.45, 2.75) is 31.8 Å². The van der Waals surface area contributed by atoms with E-state index < -0.39 is 5.66 Å². The van der Waals surface area contributed by atoms with Gasteiger partial charge in [0.1, 0.15) is 10.8 Å². The van der Waals surface area contributed by atoms with Gasteiger partial charge >= 0.3 is 0 Å². The molecular formula is C14H20ClN5O. The maximum atomic E-state index is 12.4. The van der Waals surface area contributed by atoms with Crippen molar-refractivity contribution in [1.29, 1.82) is 0 Å². The Morgan fingerprint density at radius 2 is 2.38 bits per heavy atom. The topological polar surface area (TPSA) is 69.3 Å². The molecule has 1 atom stereocenters. The maximum Gasteiger partial charge on any atom is 0.238 e. The van der Waals surface area contributed by atoms with E-state index in [4.69, 9.17) is 11.6 Å². The number of hydrogen-bond donors (Lipinski definition) is 3. The molecule has 7 heteroatoms. The number of hydrazine groups is 1. The number of amides is 1. The molecule has 1 unspecified atom stereocenters. The van der Waals surface area contributed by atoms with E-state index in [0.29, 0.717) is 18.2 Å². The molecule has 21 heavy (non-hydrogen) atoms. The van der Waals surface area contributed by atoms with Crippen LogP contribution in [0, 0.1) is 0 Å². The van der Waals surface area contributed by atoms with Gasteiger partial charge in [-0.2, -0.15) is 0 Å². The summed E-state index contributed by atoms with van der Waals surface area (Å²) in [6.07, 6.45) is 4.71. The Balaban J connectivity index is 2.01. The molecule has 3 N–H and O–H groups in total. The van der Waals surface area contributed by atoms with Crippen LogP contribution in [0.5, 0.6) is 0 Å². The van der Waals surface area contributed by atoms with Crippen LogP contribution in [0.3, 0.4) is 0 Å². The minimum absolute atomic E-state index is 0.106. The molecule has 1 amide bonds. The van der Waals surface area contributed by atoms with Crippen molar-refractivity contribution in [2.24, 2.45) is 0 Å². The predicted octanol–water partition coefficient (Wildman–Crippen LogP) is 1.44. The van der Waals surface area contributed by atoms with Gasteiger partial charge in [0, 0.05) is 30.9 Å². The lowest BCUT2D eigenvalue weighted by Crippen LogP contribution is -2.62. The molecule has 3 rings (SSSR count). The number of anilines is 1. The molecule has 0 saturated carbocycles. The Labute approximate surface area is 129 Å². The number of carbonyl (C=O) groups excluding carboxylic acids is 1. The van der Waals surface area contributed by atoms with Gasteiger partial charge in [-0.25, -0.2) is 10.4 Å². The minimum Gasteiger partial charge on any atom is -0.318 e. The summed E-state index contributed by atoms with van der Waals surface area (Å²) in [4.78, 5) is 18.5. The fourth-order valence-corrected chi connectivity index (χ4v) is 3.25. The zero-order valence-electron chi connectivity index (χ0n) is 12.1. The van der Waals surface area contributed by atoms with Crippen molar-refractivity contribution in [1.82, 2.24) is 20.6 Å². The number of hydrogen-bond acceptors (Lipinski definition) is 5. The average molecular weight is 310 g/mol. The number of unbranched alkanes of at least 4 members (excludes halogenated alkanes) is 1. The van der Waals surface area contributed by atoms with Gasteiger partial charge in [0.25, 0.3) is 0 Å². The highest BCUT2D eigenvalue weighted by atomic mass is 35.5. The lowest BCUT2D eigenvalue weighted by molar-refractivity contribution is -0.141. The lowest BCUT2D eigenvalue weighted by atomic mass is 9.93. The molecule has 6 nitrogen and oxygen atoms in total. The molecule has 1 saturated heterocycles. The summed E-state index contributed by atoms with van der Waals surface area (Å²) in [7, 11) is 0. The first-order valence-electron chi connectivity index (χ1n) is 7.38. The van der Waals surface area contributed by atoms with Crippen LogP contribution in [0.1, 0.15) is 31.7 Å². The number of fused-ring (bicyclic) bond motifs is 1. The minimum atomic E-state index is -0.526. The highest BCUT2D eigenvalue weighted by molar-refractivity contribution is 6.29. The Morgan fingerprint density at radius 1 is 1.52 bits per heavy atom. The monoisotopic (exact) mass is 309 g/mol. The van der Waals surface area contributed by atoms with Crippen molar-refractivity contribution >= 4 is 23.2 Å². The number of piperazine rings is 1. The molecule has 1 aromatic heterocycles. The summed E-state index contributed by atoms with van der Waals surface area (Å²) in [5.74, 6) is 0.106. The molecule has 1 fully saturated rings. The summed E-state index contributed by atoms with van der Waals surface area (Å²) >= 11 is 5.97. The third kappa shape index (κ3) is 2.47. The summed E-state index contributed by atoms with van der Waals surface area (Å²) < 4.78 is 0. The SMILES string of the molecule is CCCCC1(N2CCNCC2=O)NNc2cc(Cl)ncc21. The smallest absolute Gasteiger partial charge is 0.238 e. The largest absolute Gasteiger partial charge is 0.318 e. The van der Waals surface area contributed by atoms with E-state index in [2.05, 4.69) is 28.1 Å². The molecule has 0 bridgehead atoms. The van der Waals surface area contributed by atoms with Crippen molar-refractivity contribution in [3.63, 3.8) is 0 Å². The first-order chi connectivity index (χ1) is 10.2. The van der Waals surface area contributed by atoms with Gasteiger partial charge in [-0.15, -0.1) is 0 Å². The van der Waals surface area contributed by atoms with Crippen LogP contribution >= 0.6 is 11.6 Å². The second kappa shape index (κ2) is 5.79. The van der Waals surface area contributed by atoms with E-state index in [0.717, 1.165) is 37.1 Å². The molecule has 1 aromatic rings. The van der Waals surface area contributed by atoms with Gasteiger partial charge in [-0.1, -0.05) is 24.9 Å². The van der Waals surface area contributed by atoms with Gasteiger partial charge < -0.3 is 15.6 Å². The highest BCUT2D eigenvalue weighted by Gasteiger charge is 2.46. The quantitative estimate of drug-likeness (QED) is 0.734. The van der Waals surface area contributed by atoms with Gasteiger partial charge in [-0.05, 0) is 12.8 Å². The number of rotatable bonds is 4. The summed E-state index contributed by atoms with van der Waals surface area (Å²) in [6, 6.07) is 1.80. The number of aromatic nitrogens is 1. The summed E-state index contributed by atoms with van der Waals surface area (Å²) in [5.41, 5.74) is 7.87. The van der Waals surface area contributed by atoms with Crippen LogP contribution in [0.15, 0.2) is 12.3 Å². The molecule has 3 heterocycles. The van der Waals surface area contributed by atoms with Gasteiger partial charge in [0.2, 0.25) is 5.91 Å². The van der Waals surface area contributed by atoms with E-state index in [9.17, 15) is 4.79 Å². The Hall–Kier alpha value is -1.37. The van der Waals surface area contributed by atoms with Crippen LogP contribution in [-0.2, 0) is 10.5 Å². The van der Waals surface area contributed by atoms with Crippen molar-refractivity contribution in [3.8, 4) is 0 Å². The molecule has 114 valence electrons. The number of halogens is 1. The third-order valence-electron chi connectivity index (χ3n) is 4.16. The Morgan fingerprint density at radius 3 is 3.14 bits per heavy atom. The molecule has 2 aliphatic rings. The average Bonchev–Trinajstić information content (AvgIpc) is 2.84. The fourth-order valence-electron chi connectivity index (χ4n) is 3.09. The highest BCUT2D eigenvalue weighted by Crippen LogP contribution is 2.40. The van der Waals surface area contributed by atoms with Crippen LogP contribution in [0.4, 0.5) is 5.69 Å². The van der Waals surface area contributed by atoms with E-state index >= 15 is 0 Å². The number of carbonyl (C=O) groups is 1. The first-order valence-corrected chi connectivity index (χ1v) is 7.75. The van der Waals surface area contributed by atoms with E-state index in [1.807, 2.05) is 4.90 Å². The number of nitrogens with one attached hydrogen (secondary N) is 3. The van der Waals surface area contributed by atoms with Crippen molar-refractivity contribution < 1.29 is 4.79 Å². The normalized spacial score (nSPS) is 24.9. The fraction of sp³-hybridized carbons (Fsp3) is 0.571. The molecule has 0 spiro atoms. The van der Waals surface area contributed by atoms with E-state index in [1.54, 1.807) is 12.3 Å². The predicted molar refractivity (Wildman–Crippen MR) is 81.8 cm³/mol. The van der Waals surface area contributed by atoms with Gasteiger partial charge in [-0.3, -0.25) is 4.79 Å². The molecule has 0 aliphatic carbocycles. The summed E-state index contributed by atoms with van der Waals surface area (Å²) in [5, 5.41) is 3.56. The first kappa shape index (κ1) is 14.6. The second-order valence-corrected chi connectivity index (χ2v) is 5.88. The zero-order chi connectivity index (χ0) is 14.9. The zero-order valence-corrected chi connectivity index (χ0v) is 12.8. The van der Waals surface area contributed by atoms with Crippen LogP contribution in [0.25, 0.3) is 0 Å². The van der Waals surface area contributed by atoms with Crippen molar-refractivity contribution in [2.75, 3.05) is 25.1 Å². The summed E-state index contributed by atoms with van der Waals surface area (Å²) in [6.45, 7) is 4.01. The van der Waals surface area contributed by atoms with Gasteiger partial charge in [0.15, 0.2) is 0 Å². The van der Waals surface area contributed by atoms with E-state index in [-0.39, 0.29) is 5.91 Å². The Kier molecular flexibility index (Phi) is 4.01. The maximum absolute atomic E-state index is 12.4. The van der Waals surface area contributed by atoms with Crippen molar-refractivity contribution in [3.05, 3.63) is 23.0 Å². The second-order valence-electron chi connectivity index (χ2n) is 5.49. The van der Waals surface area contributed by atoms with Gasteiger partial charge in [0.05, 0.1) is 12.2 Å². The molecule has 2 aliphatic heterocycles. The van der Waals surface area contributed by atoms with E-state index in [1.165, 1.54) is 0 Å². The third-order valence-corrected chi connectivity index (χ3v) is 4.37. The standard InChI is InChI=1S/C14H20ClN5O/c1-2-3-4-14(20-6-5-16-9-13(20)21)10-8-17-12(15)7-11(10)18-19-14/h7-8,16,18-19H,2-6,9H2,1H3. The number of pyridine rings is 1. The Bertz CT molecular complexity index is 552. The van der Waals surface area contributed by atoms with Crippen LogP contribution < -0.4 is 16.2 Å². The van der Waals surface area contributed by atoms with Crippen LogP contribution in [-0.4, -0.2) is 35.4 Å². The molecule has 0 radical (unpaired) electrons. The number of nitrogens with zero attached hydrogens (tertiary/aromatic N) is 2. The lowest BCUT2D eigenvalue weighted by Gasteiger charge is -2.43. The molecular weight excluding hydrogens is 290 g/mol.